The van der Waals surface area contributed by atoms with Crippen LogP contribution >= 0.6 is 11.3 Å². The van der Waals surface area contributed by atoms with E-state index in [1.54, 1.807) is 0 Å². The number of carbonyl (C=O) groups is 1. The molecule has 7 nitrogen and oxygen atoms in total. The number of nitrogens with one attached hydrogen (secondary N) is 1. The average molecular weight is 311 g/mol. The van der Waals surface area contributed by atoms with Crippen molar-refractivity contribution in [2.24, 2.45) is 5.73 Å². The molecule has 1 aromatic heterocycles. The summed E-state index contributed by atoms with van der Waals surface area (Å²) in [5.41, 5.74) is 11.4. The number of hydrogen-bond donors (Lipinski definition) is 4. The first-order valence-electron chi connectivity index (χ1n) is 7.23. The Hall–Kier alpha value is -1.38. The van der Waals surface area contributed by atoms with Crippen molar-refractivity contribution in [2.75, 3.05) is 30.3 Å². The van der Waals surface area contributed by atoms with Crippen molar-refractivity contribution in [3.8, 4) is 0 Å². The van der Waals surface area contributed by atoms with Crippen LogP contribution in [-0.2, 0) is 0 Å². The molecule has 6 N–H and O–H groups in total. The predicted octanol–water partition coefficient (Wildman–Crippen LogP) is -0.0925. The monoisotopic (exact) mass is 311 g/mol. The van der Waals surface area contributed by atoms with Gasteiger partial charge in [0.25, 0.3) is 5.91 Å². The van der Waals surface area contributed by atoms with Gasteiger partial charge in [-0.3, -0.25) is 4.79 Å². The van der Waals surface area contributed by atoms with Crippen molar-refractivity contribution < 1.29 is 9.90 Å². The van der Waals surface area contributed by atoms with E-state index in [1.807, 2.05) is 0 Å². The van der Waals surface area contributed by atoms with Gasteiger partial charge in [-0.05, 0) is 25.7 Å². The van der Waals surface area contributed by atoms with Gasteiger partial charge < -0.3 is 26.8 Å². The third kappa shape index (κ3) is 2.97. The lowest BCUT2D eigenvalue weighted by atomic mass is 10.1. The average Bonchev–Trinajstić information content (AvgIpc) is 3.12. The Labute approximate surface area is 127 Å². The lowest BCUT2D eigenvalue weighted by Crippen LogP contribution is -2.42. The van der Waals surface area contributed by atoms with Crippen LogP contribution in [0, 0.1) is 0 Å². The number of hydrogen-bond acceptors (Lipinski definition) is 7. The Morgan fingerprint density at radius 2 is 2.33 bits per heavy atom. The summed E-state index contributed by atoms with van der Waals surface area (Å²) in [6, 6.07) is 0.144. The minimum absolute atomic E-state index is 0.0364. The highest BCUT2D eigenvalue weighted by atomic mass is 32.1. The summed E-state index contributed by atoms with van der Waals surface area (Å²) in [5, 5.41) is 12.9. The fourth-order valence-corrected chi connectivity index (χ4v) is 3.49. The Kier molecular flexibility index (Phi) is 3.76. The van der Waals surface area contributed by atoms with Gasteiger partial charge in [-0.1, -0.05) is 11.3 Å². The van der Waals surface area contributed by atoms with Crippen molar-refractivity contribution in [3.63, 3.8) is 0 Å². The lowest BCUT2D eigenvalue weighted by Gasteiger charge is -2.30. The molecule has 0 bridgehead atoms. The molecule has 2 fully saturated rings. The van der Waals surface area contributed by atoms with Crippen LogP contribution in [0.3, 0.4) is 0 Å². The molecule has 3 rings (SSSR count). The van der Waals surface area contributed by atoms with Gasteiger partial charge in [-0.15, -0.1) is 0 Å². The smallest absolute Gasteiger partial charge is 0.265 e. The van der Waals surface area contributed by atoms with Gasteiger partial charge >= 0.3 is 0 Å². The molecule has 2 aliphatic rings. The van der Waals surface area contributed by atoms with Crippen LogP contribution in [0.15, 0.2) is 0 Å². The Morgan fingerprint density at radius 1 is 1.57 bits per heavy atom. The number of piperidine rings is 1. The molecular formula is C13H21N5O2S. The summed E-state index contributed by atoms with van der Waals surface area (Å²) in [6.07, 6.45) is 3.66. The van der Waals surface area contributed by atoms with Crippen molar-refractivity contribution in [3.05, 3.63) is 4.88 Å². The minimum atomic E-state index is -0.443. The molecule has 1 aromatic rings. The van der Waals surface area contributed by atoms with Gasteiger partial charge in [0.15, 0.2) is 5.13 Å². The van der Waals surface area contributed by atoms with E-state index < -0.39 is 5.54 Å². The number of aliphatic hydroxyl groups is 1. The molecule has 1 aliphatic heterocycles. The van der Waals surface area contributed by atoms with Gasteiger partial charge in [-0.2, -0.15) is 0 Å². The largest absolute Gasteiger partial charge is 0.394 e. The topological polar surface area (TPSA) is 118 Å². The van der Waals surface area contributed by atoms with Crippen LogP contribution in [0.2, 0.25) is 0 Å². The predicted molar refractivity (Wildman–Crippen MR) is 82.5 cm³/mol. The summed E-state index contributed by atoms with van der Waals surface area (Å²) in [5.74, 6) is 0.00416. The van der Waals surface area contributed by atoms with Gasteiger partial charge in [0.05, 0.1) is 12.1 Å². The molecule has 1 saturated carbocycles. The third-order valence-electron chi connectivity index (χ3n) is 4.11. The molecule has 21 heavy (non-hydrogen) atoms. The quantitative estimate of drug-likeness (QED) is 0.617. The standard InChI is InChI=1S/C13H21N5O2S/c14-8-2-1-5-18(6-8)12-16-10(15)9(21-12)11(20)17-13(7-19)3-4-13/h8,19H,1-7,14-15H2,(H,17,20). The Morgan fingerprint density at radius 3 is 2.95 bits per heavy atom. The zero-order valence-corrected chi connectivity index (χ0v) is 12.7. The number of anilines is 2. The highest BCUT2D eigenvalue weighted by Gasteiger charge is 2.44. The number of amides is 1. The summed E-state index contributed by atoms with van der Waals surface area (Å²) in [7, 11) is 0. The molecule has 1 atom stereocenters. The molecule has 1 saturated heterocycles. The molecule has 2 heterocycles. The molecule has 0 aromatic carbocycles. The van der Waals surface area contributed by atoms with Crippen molar-refractivity contribution in [1.82, 2.24) is 10.3 Å². The molecule has 1 amide bonds. The number of aromatic nitrogens is 1. The van der Waals surface area contributed by atoms with Gasteiger partial charge in [-0.25, -0.2) is 4.98 Å². The van der Waals surface area contributed by atoms with Crippen LogP contribution in [0.4, 0.5) is 10.9 Å². The molecular weight excluding hydrogens is 290 g/mol. The number of nitrogens with zero attached hydrogens (tertiary/aromatic N) is 2. The first-order valence-corrected chi connectivity index (χ1v) is 8.05. The SMILES string of the molecule is Nc1nc(N2CCCC(N)C2)sc1C(=O)NC1(CO)CC1. The molecule has 1 unspecified atom stereocenters. The number of rotatable bonds is 4. The minimum Gasteiger partial charge on any atom is -0.394 e. The van der Waals surface area contributed by atoms with Crippen LogP contribution < -0.4 is 21.7 Å². The maximum atomic E-state index is 12.3. The van der Waals surface area contributed by atoms with Gasteiger partial charge in [0.2, 0.25) is 0 Å². The van der Waals surface area contributed by atoms with E-state index >= 15 is 0 Å². The number of aliphatic hydroxyl groups excluding tert-OH is 1. The highest BCUT2D eigenvalue weighted by molar-refractivity contribution is 7.18. The van der Waals surface area contributed by atoms with Crippen LogP contribution in [0.25, 0.3) is 0 Å². The Bertz CT molecular complexity index is 543. The second-order valence-electron chi connectivity index (χ2n) is 5.95. The first kappa shape index (κ1) is 14.6. The van der Waals surface area contributed by atoms with E-state index in [0.29, 0.717) is 4.88 Å². The molecule has 116 valence electrons. The number of nitrogen functional groups attached to an aromatic ring is 1. The molecule has 0 radical (unpaired) electrons. The van der Waals surface area contributed by atoms with E-state index in [0.717, 1.165) is 43.9 Å². The van der Waals surface area contributed by atoms with E-state index in [1.165, 1.54) is 11.3 Å². The summed E-state index contributed by atoms with van der Waals surface area (Å²) in [4.78, 5) is 19.1. The molecule has 1 aliphatic carbocycles. The van der Waals surface area contributed by atoms with E-state index in [4.69, 9.17) is 11.5 Å². The second-order valence-corrected chi connectivity index (χ2v) is 6.93. The lowest BCUT2D eigenvalue weighted by molar-refractivity contribution is 0.0911. The molecule has 0 spiro atoms. The number of thiazole rings is 1. The summed E-state index contributed by atoms with van der Waals surface area (Å²) >= 11 is 1.30. The van der Waals surface area contributed by atoms with E-state index in [2.05, 4.69) is 15.2 Å². The normalized spacial score (nSPS) is 23.9. The van der Waals surface area contributed by atoms with E-state index in [9.17, 15) is 9.90 Å². The zero-order chi connectivity index (χ0) is 15.0. The van der Waals surface area contributed by atoms with Crippen molar-refractivity contribution in [1.29, 1.82) is 0 Å². The summed E-state index contributed by atoms with van der Waals surface area (Å²) in [6.45, 7) is 1.60. The summed E-state index contributed by atoms with van der Waals surface area (Å²) < 4.78 is 0. The maximum absolute atomic E-state index is 12.3. The third-order valence-corrected chi connectivity index (χ3v) is 5.24. The number of carbonyl (C=O) groups excluding carboxylic acids is 1. The number of nitrogens with two attached hydrogens (primary N) is 2. The molecule has 8 heteroatoms. The first-order chi connectivity index (χ1) is 10.0. The second kappa shape index (κ2) is 5.43. The fraction of sp³-hybridized carbons (Fsp3) is 0.692. The Balaban J connectivity index is 1.73. The van der Waals surface area contributed by atoms with Crippen LogP contribution in [0.1, 0.15) is 35.4 Å². The highest BCUT2D eigenvalue weighted by Crippen LogP contribution is 2.36. The zero-order valence-electron chi connectivity index (χ0n) is 11.8. The van der Waals surface area contributed by atoms with Gasteiger partial charge in [0, 0.05) is 19.1 Å². The fourth-order valence-electron chi connectivity index (χ4n) is 2.57. The van der Waals surface area contributed by atoms with Crippen molar-refractivity contribution in [2.45, 2.75) is 37.3 Å². The van der Waals surface area contributed by atoms with Crippen molar-refractivity contribution >= 4 is 28.2 Å². The maximum Gasteiger partial charge on any atom is 0.265 e. The van der Waals surface area contributed by atoms with E-state index in [-0.39, 0.29) is 24.4 Å². The van der Waals surface area contributed by atoms with Crippen LogP contribution in [-0.4, -0.2) is 47.3 Å². The van der Waals surface area contributed by atoms with Gasteiger partial charge in [0.1, 0.15) is 10.7 Å². The van der Waals surface area contributed by atoms with Crippen LogP contribution in [0.5, 0.6) is 0 Å².